The van der Waals surface area contributed by atoms with Crippen molar-refractivity contribution in [2.24, 2.45) is 0 Å². The molecule has 0 aliphatic rings. The first kappa shape index (κ1) is 16.5. The fourth-order valence-electron chi connectivity index (χ4n) is 1.70. The lowest BCUT2D eigenvalue weighted by Crippen LogP contribution is -2.41. The van der Waals surface area contributed by atoms with Crippen molar-refractivity contribution in [1.29, 1.82) is 0 Å². The largest absolute Gasteiger partial charge is 0.380 e. The lowest BCUT2D eigenvalue weighted by molar-refractivity contribution is -0.119. The molecule has 0 spiro atoms. The van der Waals surface area contributed by atoms with Crippen LogP contribution in [0, 0.1) is 0 Å². The second kappa shape index (κ2) is 6.27. The van der Waals surface area contributed by atoms with E-state index in [9.17, 15) is 9.90 Å². The van der Waals surface area contributed by atoms with Crippen LogP contribution in [-0.2, 0) is 10.4 Å². The van der Waals surface area contributed by atoms with E-state index in [2.05, 4.69) is 0 Å². The molecule has 0 bridgehead atoms. The molecule has 1 aromatic carbocycles. The molecule has 1 N–H and O–H groups in total. The topological polar surface area (TPSA) is 37.3 Å². The number of aliphatic hydroxyl groups is 1. The molecule has 2 nitrogen and oxygen atoms in total. The SMILES string of the molecule is CC(C)=CC(=O)CC(O)(c1ccccc1)C(Cl)(Cl)Cl. The molecule has 104 valence electrons. The Morgan fingerprint density at radius 1 is 1.21 bits per heavy atom. The molecule has 5 heteroatoms. The first-order chi connectivity index (χ1) is 8.67. The third kappa shape index (κ3) is 4.22. The summed E-state index contributed by atoms with van der Waals surface area (Å²) in [5.74, 6) is -0.294. The lowest BCUT2D eigenvalue weighted by Gasteiger charge is -2.34. The normalized spacial score (nSPS) is 14.6. The molecule has 0 saturated carbocycles. The number of rotatable bonds is 4. The van der Waals surface area contributed by atoms with E-state index in [-0.39, 0.29) is 12.2 Å². The predicted molar refractivity (Wildman–Crippen MR) is 79.7 cm³/mol. The summed E-state index contributed by atoms with van der Waals surface area (Å²) in [6, 6.07) is 8.44. The highest BCUT2D eigenvalue weighted by Gasteiger charge is 2.49. The first-order valence-electron chi connectivity index (χ1n) is 5.69. The van der Waals surface area contributed by atoms with E-state index in [0.717, 1.165) is 5.57 Å². The van der Waals surface area contributed by atoms with Gasteiger partial charge in [0.1, 0.15) is 5.60 Å². The van der Waals surface area contributed by atoms with Crippen molar-refractivity contribution in [2.75, 3.05) is 0 Å². The number of hydrogen-bond donors (Lipinski definition) is 1. The second-order valence-electron chi connectivity index (χ2n) is 4.59. The minimum atomic E-state index is -2.00. The van der Waals surface area contributed by atoms with E-state index < -0.39 is 9.39 Å². The van der Waals surface area contributed by atoms with Gasteiger partial charge in [0.15, 0.2) is 5.78 Å². The first-order valence-corrected chi connectivity index (χ1v) is 6.82. The maximum Gasteiger partial charge on any atom is 0.223 e. The molecule has 0 aliphatic heterocycles. The summed E-state index contributed by atoms with van der Waals surface area (Å²) in [6.07, 6.45) is 1.13. The van der Waals surface area contributed by atoms with Crippen LogP contribution >= 0.6 is 34.8 Å². The molecule has 1 atom stereocenters. The number of ketones is 1. The van der Waals surface area contributed by atoms with Crippen LogP contribution in [0.15, 0.2) is 42.0 Å². The molecular formula is C14H15Cl3O2. The van der Waals surface area contributed by atoms with Gasteiger partial charge in [0.2, 0.25) is 3.79 Å². The summed E-state index contributed by atoms with van der Waals surface area (Å²) in [7, 11) is 0. The van der Waals surface area contributed by atoms with E-state index in [1.165, 1.54) is 6.08 Å². The van der Waals surface area contributed by atoms with E-state index in [0.29, 0.717) is 5.56 Å². The Labute approximate surface area is 128 Å². The molecule has 0 saturated heterocycles. The van der Waals surface area contributed by atoms with Crippen LogP contribution in [0.25, 0.3) is 0 Å². The maximum atomic E-state index is 11.9. The smallest absolute Gasteiger partial charge is 0.223 e. The number of halogens is 3. The Balaban J connectivity index is 3.16. The highest BCUT2D eigenvalue weighted by molar-refractivity contribution is 6.68. The van der Waals surface area contributed by atoms with Crippen LogP contribution in [0.4, 0.5) is 0 Å². The minimum absolute atomic E-state index is 0.293. The highest BCUT2D eigenvalue weighted by Crippen LogP contribution is 2.47. The molecule has 0 radical (unpaired) electrons. The van der Waals surface area contributed by atoms with Crippen molar-refractivity contribution in [3.63, 3.8) is 0 Å². The summed E-state index contributed by atoms with van der Waals surface area (Å²) >= 11 is 17.6. The molecule has 1 rings (SSSR count). The molecule has 0 aliphatic carbocycles. The van der Waals surface area contributed by atoms with Gasteiger partial charge in [-0.1, -0.05) is 70.7 Å². The zero-order chi connectivity index (χ0) is 14.7. The Hall–Kier alpha value is -0.540. The number of benzene rings is 1. The Morgan fingerprint density at radius 3 is 2.16 bits per heavy atom. The molecule has 19 heavy (non-hydrogen) atoms. The van der Waals surface area contributed by atoms with Crippen molar-refractivity contribution in [2.45, 2.75) is 29.7 Å². The molecule has 0 aromatic heterocycles. The highest BCUT2D eigenvalue weighted by atomic mass is 35.6. The zero-order valence-electron chi connectivity index (χ0n) is 10.7. The van der Waals surface area contributed by atoms with Crippen LogP contribution < -0.4 is 0 Å². The fourth-order valence-corrected chi connectivity index (χ4v) is 2.23. The van der Waals surface area contributed by atoms with Gasteiger partial charge in [-0.3, -0.25) is 4.79 Å². The van der Waals surface area contributed by atoms with E-state index >= 15 is 0 Å². The Kier molecular flexibility index (Phi) is 5.45. The molecule has 0 amide bonds. The standard InChI is InChI=1S/C14H15Cl3O2/c1-10(2)8-12(18)9-13(19,14(15,16)17)11-6-4-3-5-7-11/h3-8,19H,9H2,1-2H3. The number of carbonyl (C=O) groups is 1. The molecule has 0 fully saturated rings. The Bertz CT molecular complexity index is 473. The van der Waals surface area contributed by atoms with Gasteiger partial charge in [-0.05, 0) is 25.5 Å². The van der Waals surface area contributed by atoms with E-state index in [1.807, 2.05) is 0 Å². The fraction of sp³-hybridized carbons (Fsp3) is 0.357. The zero-order valence-corrected chi connectivity index (χ0v) is 12.9. The van der Waals surface area contributed by atoms with Gasteiger partial charge in [0, 0.05) is 6.42 Å². The van der Waals surface area contributed by atoms with Crippen molar-refractivity contribution in [3.05, 3.63) is 47.5 Å². The summed E-state index contributed by atoms with van der Waals surface area (Å²) in [4.78, 5) is 11.9. The molecule has 1 aromatic rings. The van der Waals surface area contributed by atoms with Crippen molar-refractivity contribution in [3.8, 4) is 0 Å². The maximum absolute atomic E-state index is 11.9. The van der Waals surface area contributed by atoms with Crippen molar-refractivity contribution in [1.82, 2.24) is 0 Å². The van der Waals surface area contributed by atoms with E-state index in [4.69, 9.17) is 34.8 Å². The third-order valence-corrected chi connectivity index (χ3v) is 3.54. The number of allylic oxidation sites excluding steroid dienone is 2. The van der Waals surface area contributed by atoms with Gasteiger partial charge in [-0.25, -0.2) is 0 Å². The number of alkyl halides is 3. The molecule has 1 unspecified atom stereocenters. The van der Waals surface area contributed by atoms with Crippen molar-refractivity contribution >= 4 is 40.6 Å². The van der Waals surface area contributed by atoms with Crippen LogP contribution in [0.2, 0.25) is 0 Å². The quantitative estimate of drug-likeness (QED) is 0.667. The van der Waals surface area contributed by atoms with Gasteiger partial charge in [0.25, 0.3) is 0 Å². The van der Waals surface area contributed by atoms with Crippen LogP contribution in [0.1, 0.15) is 25.8 Å². The monoisotopic (exact) mass is 320 g/mol. The number of carbonyl (C=O) groups excluding carboxylic acids is 1. The molecule has 0 heterocycles. The van der Waals surface area contributed by atoms with Crippen molar-refractivity contribution < 1.29 is 9.90 Å². The number of hydrogen-bond acceptors (Lipinski definition) is 2. The average molecular weight is 322 g/mol. The van der Waals surface area contributed by atoms with Gasteiger partial charge < -0.3 is 5.11 Å². The van der Waals surface area contributed by atoms with Gasteiger partial charge in [-0.2, -0.15) is 0 Å². The summed E-state index contributed by atoms with van der Waals surface area (Å²) in [5.41, 5.74) is -0.641. The van der Waals surface area contributed by atoms with Gasteiger partial charge in [0.05, 0.1) is 0 Å². The third-order valence-electron chi connectivity index (χ3n) is 2.60. The van der Waals surface area contributed by atoms with Crippen LogP contribution in [0.3, 0.4) is 0 Å². The van der Waals surface area contributed by atoms with E-state index in [1.54, 1.807) is 44.2 Å². The van der Waals surface area contributed by atoms with Gasteiger partial charge >= 0.3 is 0 Å². The van der Waals surface area contributed by atoms with Crippen LogP contribution in [0.5, 0.6) is 0 Å². The minimum Gasteiger partial charge on any atom is -0.380 e. The van der Waals surface area contributed by atoms with Gasteiger partial charge in [-0.15, -0.1) is 0 Å². The Morgan fingerprint density at radius 2 is 1.74 bits per heavy atom. The predicted octanol–water partition coefficient (Wildman–Crippen LogP) is 4.17. The summed E-state index contributed by atoms with van der Waals surface area (Å²) < 4.78 is -2.00. The molecular weight excluding hydrogens is 307 g/mol. The average Bonchev–Trinajstić information content (AvgIpc) is 2.27. The summed E-state index contributed by atoms with van der Waals surface area (Å²) in [5, 5.41) is 10.7. The second-order valence-corrected chi connectivity index (χ2v) is 6.87. The summed E-state index contributed by atoms with van der Waals surface area (Å²) in [6.45, 7) is 3.57. The van der Waals surface area contributed by atoms with Crippen LogP contribution in [-0.4, -0.2) is 14.7 Å². The lowest BCUT2D eigenvalue weighted by atomic mass is 9.89.